The fraction of sp³-hybridized carbons (Fsp3) is 0.231. The van der Waals surface area contributed by atoms with Crippen LogP contribution in [0.5, 0.6) is 0 Å². The van der Waals surface area contributed by atoms with Gasteiger partial charge in [-0.15, -0.1) is 10.2 Å². The molecule has 0 atom stereocenters. The number of thioether (sulfide) groups is 1. The molecule has 2 aromatic carbocycles. The van der Waals surface area contributed by atoms with E-state index in [9.17, 15) is 9.59 Å². The van der Waals surface area contributed by atoms with Gasteiger partial charge < -0.3 is 4.57 Å². The third-order valence-electron chi connectivity index (χ3n) is 6.41. The number of aromatic nitrogens is 5. The zero-order chi connectivity index (χ0) is 24.0. The molecule has 0 saturated carbocycles. The van der Waals surface area contributed by atoms with Crippen LogP contribution in [0.4, 0.5) is 0 Å². The second kappa shape index (κ2) is 8.61. The summed E-state index contributed by atoms with van der Waals surface area (Å²) < 4.78 is 5.47. The van der Waals surface area contributed by atoms with Gasteiger partial charge in [0.1, 0.15) is 0 Å². The number of benzene rings is 2. The van der Waals surface area contributed by atoms with Gasteiger partial charge in [0.15, 0.2) is 10.9 Å². The minimum atomic E-state index is -0.150. The molecule has 0 aliphatic carbocycles. The maximum atomic E-state index is 13.4. The molecule has 0 aliphatic heterocycles. The lowest BCUT2D eigenvalue weighted by molar-refractivity contribution is 0.102. The first-order valence-corrected chi connectivity index (χ1v) is 12.2. The summed E-state index contributed by atoms with van der Waals surface area (Å²) in [6.07, 6.45) is 0.919. The second-order valence-electron chi connectivity index (χ2n) is 8.35. The molecule has 0 radical (unpaired) electrons. The number of carbonyl (C=O) groups is 1. The Labute approximate surface area is 201 Å². The molecule has 0 fully saturated rings. The summed E-state index contributed by atoms with van der Waals surface area (Å²) in [4.78, 5) is 26.4. The van der Waals surface area contributed by atoms with Crippen LogP contribution < -0.4 is 5.56 Å². The molecule has 5 aromatic rings. The van der Waals surface area contributed by atoms with E-state index in [-0.39, 0.29) is 17.1 Å². The Morgan fingerprint density at radius 3 is 2.44 bits per heavy atom. The normalized spacial score (nSPS) is 11.5. The zero-order valence-electron chi connectivity index (χ0n) is 19.6. The van der Waals surface area contributed by atoms with Gasteiger partial charge in [0.2, 0.25) is 5.78 Å². The average molecular weight is 472 g/mol. The highest BCUT2D eigenvalue weighted by molar-refractivity contribution is 7.99. The van der Waals surface area contributed by atoms with E-state index in [1.54, 1.807) is 4.57 Å². The number of rotatable bonds is 6. The molecule has 0 unspecified atom stereocenters. The third kappa shape index (κ3) is 3.54. The van der Waals surface area contributed by atoms with Crippen LogP contribution >= 0.6 is 11.8 Å². The Kier molecular flexibility index (Phi) is 5.61. The average Bonchev–Trinajstić information content (AvgIpc) is 3.39. The molecule has 0 amide bonds. The Morgan fingerprint density at radius 1 is 1.03 bits per heavy atom. The molecule has 0 aliphatic rings. The highest BCUT2D eigenvalue weighted by atomic mass is 32.2. The molecule has 0 bridgehead atoms. The standard InChI is InChI=1S/C26H25N5O2S/c1-5-18-10-12-19(13-11-18)30-24(33)20-8-6-7-9-22(20)31-25(30)27-28-26(31)34-15-23(32)21-14-16(2)29(4)17(21)3/h6-14H,5,15H2,1-4H3. The van der Waals surface area contributed by atoms with Crippen LogP contribution in [-0.2, 0) is 13.5 Å². The van der Waals surface area contributed by atoms with E-state index in [0.29, 0.717) is 16.3 Å². The van der Waals surface area contributed by atoms with Gasteiger partial charge in [0, 0.05) is 24.0 Å². The molecule has 34 heavy (non-hydrogen) atoms. The molecule has 3 aromatic heterocycles. The molecular formula is C26H25N5O2S. The van der Waals surface area contributed by atoms with Gasteiger partial charge in [-0.25, -0.2) is 4.57 Å². The first-order chi connectivity index (χ1) is 16.4. The van der Waals surface area contributed by atoms with Crippen LogP contribution in [0.1, 0.15) is 34.2 Å². The van der Waals surface area contributed by atoms with E-state index in [0.717, 1.165) is 34.6 Å². The van der Waals surface area contributed by atoms with Gasteiger partial charge in [0.05, 0.1) is 22.3 Å². The van der Waals surface area contributed by atoms with Crippen molar-refractivity contribution in [3.05, 3.63) is 87.5 Å². The summed E-state index contributed by atoms with van der Waals surface area (Å²) in [6, 6.07) is 17.2. The largest absolute Gasteiger partial charge is 0.351 e. The predicted molar refractivity (Wildman–Crippen MR) is 135 cm³/mol. The fourth-order valence-electron chi connectivity index (χ4n) is 4.23. The van der Waals surface area contributed by atoms with E-state index in [2.05, 4.69) is 17.1 Å². The monoisotopic (exact) mass is 471 g/mol. The van der Waals surface area contributed by atoms with Crippen LogP contribution in [0.25, 0.3) is 22.4 Å². The predicted octanol–water partition coefficient (Wildman–Crippen LogP) is 4.53. The van der Waals surface area contributed by atoms with Crippen molar-refractivity contribution in [1.82, 2.24) is 23.7 Å². The Bertz CT molecular complexity index is 1610. The van der Waals surface area contributed by atoms with Gasteiger partial charge in [-0.05, 0) is 56.2 Å². The topological polar surface area (TPSA) is 74.2 Å². The van der Waals surface area contributed by atoms with Crippen LogP contribution in [0, 0.1) is 13.8 Å². The highest BCUT2D eigenvalue weighted by Gasteiger charge is 2.20. The lowest BCUT2D eigenvalue weighted by atomic mass is 10.1. The van der Waals surface area contributed by atoms with E-state index >= 15 is 0 Å². The smallest absolute Gasteiger partial charge is 0.267 e. The summed E-state index contributed by atoms with van der Waals surface area (Å²) in [7, 11) is 1.96. The first-order valence-electron chi connectivity index (χ1n) is 11.2. The van der Waals surface area contributed by atoms with Crippen LogP contribution in [-0.4, -0.2) is 35.3 Å². The number of aryl methyl sites for hydroxylation is 2. The van der Waals surface area contributed by atoms with E-state index in [1.165, 1.54) is 17.3 Å². The van der Waals surface area contributed by atoms with Gasteiger partial charge in [0.25, 0.3) is 5.56 Å². The fourth-order valence-corrected chi connectivity index (χ4v) is 5.05. The third-order valence-corrected chi connectivity index (χ3v) is 7.33. The molecular weight excluding hydrogens is 446 g/mol. The molecule has 5 rings (SSSR count). The summed E-state index contributed by atoms with van der Waals surface area (Å²) in [5.74, 6) is 0.689. The van der Waals surface area contributed by atoms with Crippen LogP contribution in [0.15, 0.2) is 64.5 Å². The molecule has 8 heteroatoms. The Balaban J connectivity index is 1.61. The Hall–Kier alpha value is -3.65. The van der Waals surface area contributed by atoms with Crippen molar-refractivity contribution in [3.8, 4) is 5.69 Å². The number of ketones is 1. The number of nitrogens with zero attached hydrogens (tertiary/aromatic N) is 5. The molecule has 172 valence electrons. The number of para-hydroxylation sites is 1. The van der Waals surface area contributed by atoms with Crippen molar-refractivity contribution in [3.63, 3.8) is 0 Å². The van der Waals surface area contributed by atoms with Gasteiger partial charge >= 0.3 is 0 Å². The van der Waals surface area contributed by atoms with Crippen molar-refractivity contribution < 1.29 is 4.79 Å². The summed E-state index contributed by atoms with van der Waals surface area (Å²) >= 11 is 1.33. The summed E-state index contributed by atoms with van der Waals surface area (Å²) in [6.45, 7) is 6.03. The lowest BCUT2D eigenvalue weighted by Gasteiger charge is -2.11. The first kappa shape index (κ1) is 22.2. The molecule has 3 heterocycles. The number of fused-ring (bicyclic) bond motifs is 3. The van der Waals surface area contributed by atoms with Gasteiger partial charge in [-0.2, -0.15) is 0 Å². The SMILES string of the molecule is CCc1ccc(-n2c(=O)c3ccccc3n3c(SCC(=O)c4cc(C)n(C)c4C)nnc23)cc1. The van der Waals surface area contributed by atoms with Crippen LogP contribution in [0.3, 0.4) is 0 Å². The minimum absolute atomic E-state index is 0.0377. The molecule has 0 N–H and O–H groups in total. The van der Waals surface area contributed by atoms with Crippen molar-refractivity contribution in [2.75, 3.05) is 5.75 Å². The van der Waals surface area contributed by atoms with Crippen LogP contribution in [0.2, 0.25) is 0 Å². The van der Waals surface area contributed by atoms with Crippen molar-refractivity contribution in [1.29, 1.82) is 0 Å². The van der Waals surface area contributed by atoms with Crippen molar-refractivity contribution in [2.24, 2.45) is 7.05 Å². The molecule has 0 saturated heterocycles. The zero-order valence-corrected chi connectivity index (χ0v) is 20.4. The number of Topliss-reactive ketones (excluding diaryl/α,β-unsaturated/α-hetero) is 1. The Morgan fingerprint density at radius 2 is 1.76 bits per heavy atom. The number of hydrogen-bond donors (Lipinski definition) is 0. The molecule has 7 nitrogen and oxygen atoms in total. The van der Waals surface area contributed by atoms with Gasteiger partial charge in [-0.1, -0.05) is 43.0 Å². The van der Waals surface area contributed by atoms with Crippen molar-refractivity contribution in [2.45, 2.75) is 32.3 Å². The lowest BCUT2D eigenvalue weighted by Crippen LogP contribution is -2.21. The van der Waals surface area contributed by atoms with E-state index in [4.69, 9.17) is 0 Å². The number of hydrogen-bond acceptors (Lipinski definition) is 5. The minimum Gasteiger partial charge on any atom is -0.351 e. The highest BCUT2D eigenvalue weighted by Crippen LogP contribution is 2.25. The van der Waals surface area contributed by atoms with E-state index < -0.39 is 0 Å². The maximum Gasteiger partial charge on any atom is 0.267 e. The molecule has 0 spiro atoms. The maximum absolute atomic E-state index is 13.4. The second-order valence-corrected chi connectivity index (χ2v) is 9.29. The quantitative estimate of drug-likeness (QED) is 0.269. The number of carbonyl (C=O) groups excluding carboxylic acids is 1. The van der Waals surface area contributed by atoms with E-state index in [1.807, 2.05) is 84.5 Å². The van der Waals surface area contributed by atoms with Crippen molar-refractivity contribution >= 4 is 34.2 Å². The summed E-state index contributed by atoms with van der Waals surface area (Å²) in [5, 5.41) is 9.89. The summed E-state index contributed by atoms with van der Waals surface area (Å²) in [5.41, 5.74) is 5.20. The van der Waals surface area contributed by atoms with Gasteiger partial charge in [-0.3, -0.25) is 14.0 Å².